The number of hydrogen-bond acceptors (Lipinski definition) is 4. The summed E-state index contributed by atoms with van der Waals surface area (Å²) in [5.41, 5.74) is -8.04. The Morgan fingerprint density at radius 1 is 0.971 bits per heavy atom. The number of rotatable bonds is 9. The molecule has 0 aromatic heterocycles. The normalized spacial score (nSPS) is 33.9. The highest BCUT2D eigenvalue weighted by Gasteiger charge is 2.77. The van der Waals surface area contributed by atoms with Crippen molar-refractivity contribution in [3.05, 3.63) is 0 Å². The minimum absolute atomic E-state index is 0.147. The van der Waals surface area contributed by atoms with E-state index in [0.717, 1.165) is 24.7 Å². The van der Waals surface area contributed by atoms with E-state index in [1.54, 1.807) is 0 Å². The maximum Gasteiger partial charge on any atom is 0.437 e. The minimum Gasteiger partial charge on any atom is -0.446 e. The predicted molar refractivity (Wildman–Crippen MR) is 113 cm³/mol. The Hall–Kier alpha value is -1.48. The molecule has 5 unspecified atom stereocenters. The second-order valence-electron chi connectivity index (χ2n) is 11.7. The number of esters is 2. The molecule has 35 heavy (non-hydrogen) atoms. The molecule has 1 aliphatic heterocycles. The molecule has 5 atom stereocenters. The third kappa shape index (κ3) is 4.24. The summed E-state index contributed by atoms with van der Waals surface area (Å²) in [6.07, 6.45) is -6.16. The molecule has 4 bridgehead atoms. The number of hydrogen-bond donors (Lipinski definition) is 0. The summed E-state index contributed by atoms with van der Waals surface area (Å²) in [5, 5.41) is 0. The first-order valence-corrected chi connectivity index (χ1v) is 12.7. The van der Waals surface area contributed by atoms with Crippen LogP contribution in [0.2, 0.25) is 0 Å². The minimum atomic E-state index is -5.87. The number of carbonyl (C=O) groups is 2. The number of unbranched alkanes of at least 4 members (excludes halogenated alkanes) is 3. The summed E-state index contributed by atoms with van der Waals surface area (Å²) < 4.78 is 93.4. The number of halogens is 6. The molecule has 4 rings (SSSR count). The van der Waals surface area contributed by atoms with Crippen LogP contribution in [0, 0.1) is 29.1 Å². The first kappa shape index (κ1) is 26.6. The maximum absolute atomic E-state index is 14.0. The molecule has 0 spiro atoms. The van der Waals surface area contributed by atoms with Crippen molar-refractivity contribution in [1.29, 1.82) is 0 Å². The summed E-state index contributed by atoms with van der Waals surface area (Å²) in [4.78, 5) is 25.0. The smallest absolute Gasteiger partial charge is 0.437 e. The Morgan fingerprint density at radius 3 is 2.11 bits per heavy atom. The lowest BCUT2D eigenvalue weighted by Crippen LogP contribution is -2.62. The molecular formula is C25H34F6O4. The Labute approximate surface area is 201 Å². The van der Waals surface area contributed by atoms with Gasteiger partial charge in [-0.25, -0.2) is 4.79 Å². The van der Waals surface area contributed by atoms with Crippen molar-refractivity contribution in [2.45, 2.75) is 114 Å². The zero-order valence-corrected chi connectivity index (χ0v) is 20.2. The molecule has 0 amide bonds. The Bertz CT molecular complexity index is 821. The summed E-state index contributed by atoms with van der Waals surface area (Å²) >= 11 is 0. The van der Waals surface area contributed by atoms with Gasteiger partial charge in [-0.3, -0.25) is 4.79 Å². The van der Waals surface area contributed by atoms with E-state index < -0.39 is 53.2 Å². The molecule has 200 valence electrons. The van der Waals surface area contributed by atoms with Gasteiger partial charge in [0.15, 0.2) is 0 Å². The summed E-state index contributed by atoms with van der Waals surface area (Å²) in [7, 11) is 0. The molecule has 0 N–H and O–H groups in total. The number of alkyl halides is 6. The maximum atomic E-state index is 14.0. The molecule has 1 saturated heterocycles. The largest absolute Gasteiger partial charge is 0.446 e. The van der Waals surface area contributed by atoms with Gasteiger partial charge in [0, 0.05) is 11.8 Å². The van der Waals surface area contributed by atoms with E-state index in [2.05, 4.69) is 4.74 Å². The highest BCUT2D eigenvalue weighted by molar-refractivity contribution is 5.91. The first-order valence-electron chi connectivity index (χ1n) is 12.7. The second kappa shape index (κ2) is 8.82. The van der Waals surface area contributed by atoms with Gasteiger partial charge in [0.2, 0.25) is 5.60 Å². The van der Waals surface area contributed by atoms with Crippen molar-refractivity contribution in [3.8, 4) is 0 Å². The second-order valence-corrected chi connectivity index (χ2v) is 11.7. The third-order valence-corrected chi connectivity index (χ3v) is 9.51. The van der Waals surface area contributed by atoms with Crippen molar-refractivity contribution in [3.63, 3.8) is 0 Å². The number of carbonyl (C=O) groups excluding carboxylic acids is 2. The van der Waals surface area contributed by atoms with E-state index in [0.29, 0.717) is 12.3 Å². The molecule has 0 aromatic rings. The highest BCUT2D eigenvalue weighted by atomic mass is 19.4. The summed E-state index contributed by atoms with van der Waals surface area (Å²) in [5.74, 6) is -1.17. The predicted octanol–water partition coefficient (Wildman–Crippen LogP) is 6.90. The fraction of sp³-hybridized carbons (Fsp3) is 0.920. The average molecular weight is 513 g/mol. The van der Waals surface area contributed by atoms with Crippen molar-refractivity contribution < 1.29 is 45.4 Å². The van der Waals surface area contributed by atoms with E-state index in [9.17, 15) is 35.9 Å². The number of ether oxygens (including phenoxy) is 2. The van der Waals surface area contributed by atoms with Crippen LogP contribution < -0.4 is 0 Å². The van der Waals surface area contributed by atoms with Crippen LogP contribution in [0.1, 0.15) is 90.9 Å². The molecule has 3 aliphatic carbocycles. The standard InChI is InChI=1S/C25H34F6O4/c1-21(2)18-10-12-22(21,34-19(18)32)20(33)35-23(24(26,27)28,25(29,30)31)11-6-4-3-5-7-16-13-15-8-9-17(16)14-15/h15-18H,3-14H2,1-2H3. The molecule has 3 saturated carbocycles. The lowest BCUT2D eigenvalue weighted by atomic mass is 9.74. The number of fused-ring (bicyclic) bond motifs is 4. The zero-order chi connectivity index (χ0) is 25.9. The quantitative estimate of drug-likeness (QED) is 0.192. The molecule has 10 heteroatoms. The van der Waals surface area contributed by atoms with Gasteiger partial charge in [0.1, 0.15) is 0 Å². The van der Waals surface area contributed by atoms with Gasteiger partial charge in [-0.1, -0.05) is 46.0 Å². The fourth-order valence-corrected chi connectivity index (χ4v) is 7.27. The monoisotopic (exact) mass is 512 g/mol. The third-order valence-electron chi connectivity index (χ3n) is 9.51. The van der Waals surface area contributed by atoms with Gasteiger partial charge < -0.3 is 9.47 Å². The van der Waals surface area contributed by atoms with Crippen LogP contribution in [-0.2, 0) is 19.1 Å². The van der Waals surface area contributed by atoms with E-state index in [1.165, 1.54) is 39.5 Å². The Kier molecular flexibility index (Phi) is 6.70. The topological polar surface area (TPSA) is 52.6 Å². The average Bonchev–Trinajstić information content (AvgIpc) is 3.45. The molecule has 4 fully saturated rings. The Morgan fingerprint density at radius 2 is 1.63 bits per heavy atom. The van der Waals surface area contributed by atoms with E-state index in [-0.39, 0.29) is 25.7 Å². The highest BCUT2D eigenvalue weighted by Crippen LogP contribution is 2.60. The fourth-order valence-electron chi connectivity index (χ4n) is 7.27. The van der Waals surface area contributed by atoms with Crippen molar-refractivity contribution >= 4 is 11.9 Å². The van der Waals surface area contributed by atoms with Crippen LogP contribution in [0.25, 0.3) is 0 Å². The SMILES string of the molecule is CC1(C)C2CCC1(C(=O)OC(CCCCCCC1CC3CCC1C3)(C(F)(F)F)C(F)(F)F)OC2=O. The summed E-state index contributed by atoms with van der Waals surface area (Å²) in [6.45, 7) is 2.88. The van der Waals surface area contributed by atoms with Crippen molar-refractivity contribution in [2.24, 2.45) is 29.1 Å². The lowest BCUT2D eigenvalue weighted by Gasteiger charge is -2.40. The van der Waals surface area contributed by atoms with Gasteiger partial charge in [-0.05, 0) is 56.3 Å². The van der Waals surface area contributed by atoms with Gasteiger partial charge >= 0.3 is 29.9 Å². The van der Waals surface area contributed by atoms with Gasteiger partial charge in [-0.2, -0.15) is 26.3 Å². The lowest BCUT2D eigenvalue weighted by molar-refractivity contribution is -0.374. The van der Waals surface area contributed by atoms with Crippen molar-refractivity contribution in [1.82, 2.24) is 0 Å². The van der Waals surface area contributed by atoms with Crippen molar-refractivity contribution in [2.75, 3.05) is 0 Å². The Balaban J connectivity index is 1.40. The van der Waals surface area contributed by atoms with E-state index >= 15 is 0 Å². The molecule has 0 aromatic carbocycles. The zero-order valence-electron chi connectivity index (χ0n) is 20.2. The first-order chi connectivity index (χ1) is 16.1. The van der Waals surface area contributed by atoms with E-state index in [4.69, 9.17) is 4.74 Å². The van der Waals surface area contributed by atoms with Crippen LogP contribution in [0.5, 0.6) is 0 Å². The van der Waals surface area contributed by atoms with Crippen LogP contribution >= 0.6 is 0 Å². The van der Waals surface area contributed by atoms with Crippen LogP contribution in [0.15, 0.2) is 0 Å². The van der Waals surface area contributed by atoms with Gasteiger partial charge in [0.05, 0.1) is 5.92 Å². The molecule has 1 heterocycles. The van der Waals surface area contributed by atoms with Crippen LogP contribution in [0.3, 0.4) is 0 Å². The molecule has 4 aliphatic rings. The molecular weight excluding hydrogens is 478 g/mol. The van der Waals surface area contributed by atoms with E-state index in [1.807, 2.05) is 0 Å². The van der Waals surface area contributed by atoms with Gasteiger partial charge in [-0.15, -0.1) is 0 Å². The molecule has 0 radical (unpaired) electrons. The van der Waals surface area contributed by atoms with Crippen LogP contribution in [0.4, 0.5) is 26.3 Å². The van der Waals surface area contributed by atoms with Crippen LogP contribution in [-0.4, -0.2) is 35.5 Å². The summed E-state index contributed by atoms with van der Waals surface area (Å²) in [6, 6.07) is 0. The molecule has 4 nitrogen and oxygen atoms in total. The van der Waals surface area contributed by atoms with Gasteiger partial charge in [0.25, 0.3) is 0 Å².